The average molecular weight is 273 g/mol. The molecule has 1 heterocycles. The van der Waals surface area contributed by atoms with Crippen LogP contribution in [-0.2, 0) is 11.8 Å². The van der Waals surface area contributed by atoms with Crippen LogP contribution >= 0.6 is 0 Å². The maximum absolute atomic E-state index is 11.8. The van der Waals surface area contributed by atoms with Gasteiger partial charge in [0, 0.05) is 24.7 Å². The average Bonchev–Trinajstić information content (AvgIpc) is 2.85. The third-order valence-electron chi connectivity index (χ3n) is 3.05. The van der Waals surface area contributed by atoms with Crippen LogP contribution in [0.15, 0.2) is 30.6 Å². The van der Waals surface area contributed by atoms with Crippen LogP contribution in [-0.4, -0.2) is 27.2 Å². The molecule has 0 saturated heterocycles. The minimum Gasteiger partial charge on any atom is -0.330 e. The van der Waals surface area contributed by atoms with Crippen LogP contribution in [0.1, 0.15) is 13.3 Å². The summed E-state index contributed by atoms with van der Waals surface area (Å²) in [6.45, 7) is 2.46. The van der Waals surface area contributed by atoms with Gasteiger partial charge >= 0.3 is 0 Å². The molecule has 1 atom stereocenters. The number of hydrogen-bond donors (Lipinski definition) is 2. The van der Waals surface area contributed by atoms with Crippen molar-refractivity contribution in [2.75, 3.05) is 11.9 Å². The fourth-order valence-electron chi connectivity index (χ4n) is 1.89. The first-order valence-electron chi connectivity index (χ1n) is 6.54. The molecule has 0 aliphatic heterocycles. The molecule has 0 fully saturated rings. The highest BCUT2D eigenvalue weighted by Crippen LogP contribution is 2.20. The van der Waals surface area contributed by atoms with Crippen molar-refractivity contribution in [1.82, 2.24) is 14.8 Å². The molecule has 3 N–H and O–H groups in total. The zero-order valence-corrected chi connectivity index (χ0v) is 11.7. The Morgan fingerprint density at radius 2 is 2.30 bits per heavy atom. The zero-order chi connectivity index (χ0) is 14.5. The van der Waals surface area contributed by atoms with Crippen LogP contribution < -0.4 is 11.1 Å². The summed E-state index contributed by atoms with van der Waals surface area (Å²) in [6.07, 6.45) is 2.06. The highest BCUT2D eigenvalue weighted by atomic mass is 16.1. The van der Waals surface area contributed by atoms with Gasteiger partial charge in [-0.3, -0.25) is 4.79 Å². The van der Waals surface area contributed by atoms with E-state index >= 15 is 0 Å². The van der Waals surface area contributed by atoms with Crippen molar-refractivity contribution in [2.24, 2.45) is 18.7 Å². The Labute approximate surface area is 118 Å². The van der Waals surface area contributed by atoms with Gasteiger partial charge < -0.3 is 15.6 Å². The van der Waals surface area contributed by atoms with Crippen molar-refractivity contribution < 1.29 is 4.79 Å². The number of anilines is 1. The fourth-order valence-corrected chi connectivity index (χ4v) is 1.89. The summed E-state index contributed by atoms with van der Waals surface area (Å²) in [5, 5.41) is 10.8. The Balaban J connectivity index is 2.11. The Morgan fingerprint density at radius 3 is 2.95 bits per heavy atom. The predicted molar refractivity (Wildman–Crippen MR) is 77.9 cm³/mol. The Kier molecular flexibility index (Phi) is 4.47. The van der Waals surface area contributed by atoms with E-state index in [1.54, 1.807) is 6.33 Å². The lowest BCUT2D eigenvalue weighted by Gasteiger charge is -2.10. The van der Waals surface area contributed by atoms with Crippen molar-refractivity contribution >= 4 is 11.6 Å². The zero-order valence-electron chi connectivity index (χ0n) is 11.7. The molecule has 0 aliphatic carbocycles. The highest BCUT2D eigenvalue weighted by molar-refractivity contribution is 5.91. The highest BCUT2D eigenvalue weighted by Gasteiger charge is 2.09. The number of amides is 1. The molecule has 1 aromatic carbocycles. The van der Waals surface area contributed by atoms with Crippen molar-refractivity contribution in [3.05, 3.63) is 30.6 Å². The van der Waals surface area contributed by atoms with Crippen LogP contribution in [0, 0.1) is 5.92 Å². The van der Waals surface area contributed by atoms with Crippen LogP contribution in [0.4, 0.5) is 5.69 Å². The van der Waals surface area contributed by atoms with E-state index in [0.717, 1.165) is 17.1 Å². The van der Waals surface area contributed by atoms with Gasteiger partial charge in [-0.2, -0.15) is 0 Å². The van der Waals surface area contributed by atoms with Gasteiger partial charge in [0.1, 0.15) is 6.33 Å². The minimum atomic E-state index is -0.0296. The van der Waals surface area contributed by atoms with Crippen molar-refractivity contribution in [3.63, 3.8) is 0 Å². The first-order valence-corrected chi connectivity index (χ1v) is 6.54. The molecule has 1 aromatic heterocycles. The number of benzene rings is 1. The largest absolute Gasteiger partial charge is 0.330 e. The molecule has 2 aromatic rings. The monoisotopic (exact) mass is 273 g/mol. The molecule has 6 heteroatoms. The molecule has 0 saturated carbocycles. The number of aryl methyl sites for hydroxylation is 1. The van der Waals surface area contributed by atoms with E-state index in [1.165, 1.54) is 0 Å². The Hall–Kier alpha value is -2.21. The van der Waals surface area contributed by atoms with Crippen molar-refractivity contribution in [2.45, 2.75) is 13.3 Å². The maximum Gasteiger partial charge on any atom is 0.224 e. The molecular formula is C14H19N5O. The molecule has 0 radical (unpaired) electrons. The number of carbonyl (C=O) groups excluding carboxylic acids is 1. The lowest BCUT2D eigenvalue weighted by molar-refractivity contribution is -0.116. The number of aromatic nitrogens is 3. The first-order chi connectivity index (χ1) is 9.60. The van der Waals surface area contributed by atoms with Gasteiger partial charge in [0.05, 0.1) is 0 Å². The smallest absolute Gasteiger partial charge is 0.224 e. The summed E-state index contributed by atoms with van der Waals surface area (Å²) >= 11 is 0. The minimum absolute atomic E-state index is 0.0296. The van der Waals surface area contributed by atoms with Crippen LogP contribution in [0.25, 0.3) is 11.4 Å². The third-order valence-corrected chi connectivity index (χ3v) is 3.05. The van der Waals surface area contributed by atoms with Gasteiger partial charge in [0.15, 0.2) is 5.82 Å². The lowest BCUT2D eigenvalue weighted by Crippen LogP contribution is -2.20. The molecular weight excluding hydrogens is 254 g/mol. The molecule has 0 bridgehead atoms. The number of carbonyl (C=O) groups is 1. The quantitative estimate of drug-likeness (QED) is 0.862. The molecule has 1 unspecified atom stereocenters. The van der Waals surface area contributed by atoms with Crippen molar-refractivity contribution in [1.29, 1.82) is 0 Å². The second-order valence-corrected chi connectivity index (χ2v) is 4.94. The van der Waals surface area contributed by atoms with Crippen LogP contribution in [0.5, 0.6) is 0 Å². The summed E-state index contributed by atoms with van der Waals surface area (Å²) in [7, 11) is 1.88. The number of rotatable bonds is 5. The van der Waals surface area contributed by atoms with Gasteiger partial charge in [-0.1, -0.05) is 19.1 Å². The summed E-state index contributed by atoms with van der Waals surface area (Å²) in [5.41, 5.74) is 7.18. The molecule has 20 heavy (non-hydrogen) atoms. The topological polar surface area (TPSA) is 85.8 Å². The summed E-state index contributed by atoms with van der Waals surface area (Å²) in [4.78, 5) is 11.8. The first kappa shape index (κ1) is 14.2. The summed E-state index contributed by atoms with van der Waals surface area (Å²) in [5.74, 6) is 0.909. The molecule has 2 rings (SSSR count). The standard InChI is InChI=1S/C14H19N5O/c1-10(8-15)6-13(20)17-12-5-3-4-11(7-12)14-18-16-9-19(14)2/h3-5,7,9-10H,6,8,15H2,1-2H3,(H,17,20). The SMILES string of the molecule is CC(CN)CC(=O)Nc1cccc(-c2nncn2C)c1. The second-order valence-electron chi connectivity index (χ2n) is 4.94. The number of hydrogen-bond acceptors (Lipinski definition) is 4. The number of nitrogens with one attached hydrogen (secondary N) is 1. The van der Waals surface area contributed by atoms with E-state index in [1.807, 2.05) is 42.8 Å². The summed E-state index contributed by atoms with van der Waals surface area (Å²) < 4.78 is 1.83. The summed E-state index contributed by atoms with van der Waals surface area (Å²) in [6, 6.07) is 7.55. The van der Waals surface area contributed by atoms with E-state index in [4.69, 9.17) is 5.73 Å². The second kappa shape index (κ2) is 6.29. The van der Waals surface area contributed by atoms with Crippen LogP contribution in [0.3, 0.4) is 0 Å². The Bertz CT molecular complexity index is 593. The van der Waals surface area contributed by atoms with E-state index in [0.29, 0.717) is 13.0 Å². The molecule has 106 valence electrons. The Morgan fingerprint density at radius 1 is 1.50 bits per heavy atom. The van der Waals surface area contributed by atoms with Crippen LogP contribution in [0.2, 0.25) is 0 Å². The fraction of sp³-hybridized carbons (Fsp3) is 0.357. The van der Waals surface area contributed by atoms with E-state index in [2.05, 4.69) is 15.5 Å². The van der Waals surface area contributed by atoms with E-state index in [9.17, 15) is 4.79 Å². The molecule has 0 aliphatic rings. The van der Waals surface area contributed by atoms with Gasteiger partial charge in [0.2, 0.25) is 5.91 Å². The van der Waals surface area contributed by atoms with Gasteiger partial charge in [-0.15, -0.1) is 10.2 Å². The van der Waals surface area contributed by atoms with E-state index in [-0.39, 0.29) is 11.8 Å². The maximum atomic E-state index is 11.8. The normalized spacial score (nSPS) is 12.2. The van der Waals surface area contributed by atoms with Crippen molar-refractivity contribution in [3.8, 4) is 11.4 Å². The van der Waals surface area contributed by atoms with E-state index < -0.39 is 0 Å². The number of nitrogens with two attached hydrogens (primary N) is 1. The molecule has 1 amide bonds. The van der Waals surface area contributed by atoms with Gasteiger partial charge in [-0.25, -0.2) is 0 Å². The number of nitrogens with zero attached hydrogens (tertiary/aromatic N) is 3. The molecule has 6 nitrogen and oxygen atoms in total. The third kappa shape index (κ3) is 3.42. The lowest BCUT2D eigenvalue weighted by atomic mass is 10.1. The predicted octanol–water partition coefficient (Wildman–Crippen LogP) is 1.41. The van der Waals surface area contributed by atoms with Gasteiger partial charge in [-0.05, 0) is 24.6 Å². The molecule has 0 spiro atoms. The van der Waals surface area contributed by atoms with Gasteiger partial charge in [0.25, 0.3) is 0 Å².